The van der Waals surface area contributed by atoms with Crippen LogP contribution in [-0.4, -0.2) is 5.84 Å². The fourth-order valence-corrected chi connectivity index (χ4v) is 1.06. The second-order valence-corrected chi connectivity index (χ2v) is 2.76. The van der Waals surface area contributed by atoms with Crippen LogP contribution in [0.25, 0.3) is 0 Å². The van der Waals surface area contributed by atoms with Crippen LogP contribution in [0, 0.1) is 12.3 Å². The van der Waals surface area contributed by atoms with Crippen LogP contribution in [0.5, 0.6) is 0 Å². The maximum atomic E-state index is 7.21. The third-order valence-corrected chi connectivity index (χ3v) is 1.88. The molecular weight excluding hydrogens is 150 g/mol. The van der Waals surface area contributed by atoms with Gasteiger partial charge in [0.25, 0.3) is 0 Å². The molecule has 0 aliphatic heterocycles. The zero-order valence-electron chi connectivity index (χ0n) is 7.09. The number of hydrogen-bond acceptors (Lipinski definition) is 2. The molecule has 3 nitrogen and oxygen atoms in total. The van der Waals surface area contributed by atoms with Gasteiger partial charge in [-0.25, -0.2) is 0 Å². The fraction of sp³-hybridized carbons (Fsp3) is 0.222. The fourth-order valence-electron chi connectivity index (χ4n) is 1.06. The van der Waals surface area contributed by atoms with Gasteiger partial charge in [0, 0.05) is 12.1 Å². The highest BCUT2D eigenvalue weighted by atomic mass is 14.7. The van der Waals surface area contributed by atoms with Crippen LogP contribution in [0.3, 0.4) is 0 Å². The molecule has 0 aromatic heterocycles. The lowest BCUT2D eigenvalue weighted by Gasteiger charge is -2.04. The van der Waals surface area contributed by atoms with Crippen LogP contribution in [0.4, 0.5) is 0 Å². The van der Waals surface area contributed by atoms with Gasteiger partial charge in [0.1, 0.15) is 5.84 Å². The Bertz CT molecular complexity index is 305. The number of benzene rings is 1. The van der Waals surface area contributed by atoms with E-state index in [1.807, 2.05) is 25.1 Å². The average Bonchev–Trinajstić information content (AvgIpc) is 2.05. The van der Waals surface area contributed by atoms with Crippen molar-refractivity contribution in [2.45, 2.75) is 13.5 Å². The third kappa shape index (κ3) is 1.62. The molecule has 0 aliphatic carbocycles. The highest BCUT2D eigenvalue weighted by Gasteiger charge is 1.99. The minimum Gasteiger partial charge on any atom is -0.384 e. The Kier molecular flexibility index (Phi) is 2.45. The summed E-state index contributed by atoms with van der Waals surface area (Å²) in [6.07, 6.45) is 0. The van der Waals surface area contributed by atoms with Crippen molar-refractivity contribution in [1.29, 1.82) is 5.41 Å². The number of nitrogens with two attached hydrogens (primary N) is 2. The Morgan fingerprint density at radius 3 is 2.67 bits per heavy atom. The van der Waals surface area contributed by atoms with Gasteiger partial charge in [-0.2, -0.15) is 0 Å². The lowest BCUT2D eigenvalue weighted by atomic mass is 10.0. The maximum Gasteiger partial charge on any atom is 0.122 e. The van der Waals surface area contributed by atoms with Crippen molar-refractivity contribution in [2.75, 3.05) is 0 Å². The van der Waals surface area contributed by atoms with Gasteiger partial charge in [0.15, 0.2) is 0 Å². The smallest absolute Gasteiger partial charge is 0.122 e. The molecule has 0 spiro atoms. The van der Waals surface area contributed by atoms with E-state index in [1.165, 1.54) is 0 Å². The Morgan fingerprint density at radius 1 is 1.50 bits per heavy atom. The van der Waals surface area contributed by atoms with Crippen molar-refractivity contribution < 1.29 is 0 Å². The molecule has 0 amide bonds. The van der Waals surface area contributed by atoms with Gasteiger partial charge in [-0.1, -0.05) is 12.1 Å². The average molecular weight is 163 g/mol. The Labute approximate surface area is 71.9 Å². The summed E-state index contributed by atoms with van der Waals surface area (Å²) in [5, 5.41) is 7.21. The van der Waals surface area contributed by atoms with Gasteiger partial charge in [-0.3, -0.25) is 5.41 Å². The zero-order chi connectivity index (χ0) is 9.14. The molecular formula is C9H13N3. The second-order valence-electron chi connectivity index (χ2n) is 2.76. The van der Waals surface area contributed by atoms with E-state index in [2.05, 4.69) is 0 Å². The molecule has 0 fully saturated rings. The van der Waals surface area contributed by atoms with E-state index in [1.54, 1.807) is 0 Å². The van der Waals surface area contributed by atoms with E-state index in [-0.39, 0.29) is 5.84 Å². The van der Waals surface area contributed by atoms with E-state index in [0.29, 0.717) is 6.54 Å². The molecule has 3 heteroatoms. The minimum atomic E-state index is 0.0877. The van der Waals surface area contributed by atoms with E-state index in [4.69, 9.17) is 16.9 Å². The molecule has 0 heterocycles. The molecule has 0 unspecified atom stereocenters. The summed E-state index contributed by atoms with van der Waals surface area (Å²) in [6.45, 7) is 2.49. The van der Waals surface area contributed by atoms with E-state index in [0.717, 1.165) is 16.7 Å². The van der Waals surface area contributed by atoms with Gasteiger partial charge in [0.2, 0.25) is 0 Å². The summed E-state index contributed by atoms with van der Waals surface area (Å²) >= 11 is 0. The number of nitrogens with one attached hydrogen (secondary N) is 1. The summed E-state index contributed by atoms with van der Waals surface area (Å²) in [6, 6.07) is 5.62. The third-order valence-electron chi connectivity index (χ3n) is 1.88. The van der Waals surface area contributed by atoms with Gasteiger partial charge >= 0.3 is 0 Å². The van der Waals surface area contributed by atoms with Gasteiger partial charge in [-0.15, -0.1) is 0 Å². The Morgan fingerprint density at radius 2 is 2.17 bits per heavy atom. The number of amidine groups is 1. The molecule has 1 aromatic carbocycles. The van der Waals surface area contributed by atoms with Crippen LogP contribution >= 0.6 is 0 Å². The topological polar surface area (TPSA) is 75.9 Å². The highest BCUT2D eigenvalue weighted by Crippen LogP contribution is 2.09. The zero-order valence-corrected chi connectivity index (χ0v) is 7.09. The number of hydrogen-bond donors (Lipinski definition) is 3. The van der Waals surface area contributed by atoms with Crippen molar-refractivity contribution >= 4 is 5.84 Å². The lowest BCUT2D eigenvalue weighted by Crippen LogP contribution is -2.12. The first-order valence-electron chi connectivity index (χ1n) is 3.79. The van der Waals surface area contributed by atoms with Crippen molar-refractivity contribution in [3.63, 3.8) is 0 Å². The predicted molar refractivity (Wildman–Crippen MR) is 50.1 cm³/mol. The molecule has 0 saturated heterocycles. The van der Waals surface area contributed by atoms with E-state index in [9.17, 15) is 0 Å². The second kappa shape index (κ2) is 3.36. The molecule has 0 radical (unpaired) electrons. The number of rotatable bonds is 2. The molecule has 64 valence electrons. The summed E-state index contributed by atoms with van der Waals surface area (Å²) in [5.41, 5.74) is 13.8. The largest absolute Gasteiger partial charge is 0.384 e. The van der Waals surface area contributed by atoms with E-state index >= 15 is 0 Å². The van der Waals surface area contributed by atoms with Crippen LogP contribution in [-0.2, 0) is 6.54 Å². The standard InChI is InChI=1S/C9H13N3/c1-6-2-3-7(9(11)12)4-8(6)5-10/h2-4H,5,10H2,1H3,(H3,11,12). The molecule has 0 atom stereocenters. The first kappa shape index (κ1) is 8.74. The number of nitrogen functional groups attached to an aromatic ring is 1. The maximum absolute atomic E-state index is 7.21. The van der Waals surface area contributed by atoms with Crippen molar-refractivity contribution in [2.24, 2.45) is 11.5 Å². The van der Waals surface area contributed by atoms with Gasteiger partial charge < -0.3 is 11.5 Å². The lowest BCUT2D eigenvalue weighted by molar-refractivity contribution is 1.05. The molecule has 0 aliphatic rings. The first-order valence-corrected chi connectivity index (χ1v) is 3.79. The van der Waals surface area contributed by atoms with Crippen molar-refractivity contribution in [1.82, 2.24) is 0 Å². The normalized spacial score (nSPS) is 9.83. The van der Waals surface area contributed by atoms with Crippen LogP contribution in [0.1, 0.15) is 16.7 Å². The van der Waals surface area contributed by atoms with Crippen LogP contribution in [0.15, 0.2) is 18.2 Å². The van der Waals surface area contributed by atoms with Crippen molar-refractivity contribution in [3.05, 3.63) is 34.9 Å². The summed E-state index contributed by atoms with van der Waals surface area (Å²) in [5.74, 6) is 0.0877. The quantitative estimate of drug-likeness (QED) is 0.444. The Balaban J connectivity index is 3.13. The van der Waals surface area contributed by atoms with Crippen molar-refractivity contribution in [3.8, 4) is 0 Å². The monoisotopic (exact) mass is 163 g/mol. The van der Waals surface area contributed by atoms with Crippen LogP contribution < -0.4 is 11.5 Å². The molecule has 1 rings (SSSR count). The highest BCUT2D eigenvalue weighted by molar-refractivity contribution is 5.95. The van der Waals surface area contributed by atoms with Crippen LogP contribution in [0.2, 0.25) is 0 Å². The minimum absolute atomic E-state index is 0.0877. The molecule has 12 heavy (non-hydrogen) atoms. The SMILES string of the molecule is Cc1ccc(C(=N)N)cc1CN. The molecule has 1 aromatic rings. The Hall–Kier alpha value is -1.35. The van der Waals surface area contributed by atoms with Gasteiger partial charge in [-0.05, 0) is 24.1 Å². The van der Waals surface area contributed by atoms with Gasteiger partial charge in [0.05, 0.1) is 0 Å². The number of aryl methyl sites for hydroxylation is 1. The summed E-state index contributed by atoms with van der Waals surface area (Å²) < 4.78 is 0. The van der Waals surface area contributed by atoms with E-state index < -0.39 is 0 Å². The molecule has 0 bridgehead atoms. The molecule has 0 saturated carbocycles. The summed E-state index contributed by atoms with van der Waals surface area (Å²) in [4.78, 5) is 0. The molecule has 5 N–H and O–H groups in total. The first-order chi connectivity index (χ1) is 5.65. The predicted octanol–water partition coefficient (Wildman–Crippen LogP) is 0.738. The summed E-state index contributed by atoms with van der Waals surface area (Å²) in [7, 11) is 0.